The maximum absolute atomic E-state index is 13.5. The van der Waals surface area contributed by atoms with Crippen molar-refractivity contribution in [2.24, 2.45) is 4.99 Å². The van der Waals surface area contributed by atoms with Crippen LogP contribution in [0.2, 0.25) is 0 Å². The van der Waals surface area contributed by atoms with Crippen LogP contribution in [0.15, 0.2) is 57.9 Å². The van der Waals surface area contributed by atoms with E-state index in [1.165, 1.54) is 11.3 Å². The van der Waals surface area contributed by atoms with Gasteiger partial charge in [-0.05, 0) is 74.9 Å². The zero-order chi connectivity index (χ0) is 25.9. The number of amides is 1. The SMILES string of the molecule is CCOC(=O)c1c(N=c2oc3c(OC)cccc3cc2C(=O)Nc2cccc(C)c2)sc2c1CCCC2. The third-order valence-electron chi connectivity index (χ3n) is 6.31. The van der Waals surface area contributed by atoms with E-state index in [1.807, 2.05) is 43.3 Å². The molecule has 0 aliphatic heterocycles. The van der Waals surface area contributed by atoms with Gasteiger partial charge in [-0.3, -0.25) is 4.79 Å². The second-order valence-corrected chi connectivity index (χ2v) is 9.97. The second kappa shape index (κ2) is 10.6. The molecule has 5 rings (SSSR count). The minimum Gasteiger partial charge on any atom is -0.493 e. The number of aryl methyl sites for hydroxylation is 2. The molecule has 0 radical (unpaired) electrons. The van der Waals surface area contributed by atoms with E-state index in [1.54, 1.807) is 26.2 Å². The van der Waals surface area contributed by atoms with Gasteiger partial charge in [0.15, 0.2) is 11.3 Å². The highest BCUT2D eigenvalue weighted by molar-refractivity contribution is 7.16. The number of para-hydroxylation sites is 1. The van der Waals surface area contributed by atoms with Crippen LogP contribution in [0.25, 0.3) is 11.0 Å². The molecule has 0 bridgehead atoms. The van der Waals surface area contributed by atoms with Crippen LogP contribution in [0.4, 0.5) is 10.7 Å². The Labute approximate surface area is 218 Å². The van der Waals surface area contributed by atoms with Crippen molar-refractivity contribution in [1.82, 2.24) is 0 Å². The predicted octanol–water partition coefficient (Wildman–Crippen LogP) is 6.35. The first-order valence-electron chi connectivity index (χ1n) is 12.3. The van der Waals surface area contributed by atoms with Crippen LogP contribution in [0, 0.1) is 6.92 Å². The number of hydrogen-bond donors (Lipinski definition) is 1. The highest BCUT2D eigenvalue weighted by atomic mass is 32.1. The maximum Gasteiger partial charge on any atom is 0.341 e. The Morgan fingerprint density at radius 1 is 1.11 bits per heavy atom. The number of fused-ring (bicyclic) bond motifs is 2. The van der Waals surface area contributed by atoms with Gasteiger partial charge in [-0.15, -0.1) is 11.3 Å². The van der Waals surface area contributed by atoms with Crippen molar-refractivity contribution < 1.29 is 23.5 Å². The third kappa shape index (κ3) is 5.02. The Morgan fingerprint density at radius 3 is 2.70 bits per heavy atom. The van der Waals surface area contributed by atoms with E-state index in [2.05, 4.69) is 5.32 Å². The number of anilines is 1. The molecular formula is C29H28N2O5S. The second-order valence-electron chi connectivity index (χ2n) is 8.89. The number of carbonyl (C=O) groups is 2. The Bertz CT molecular complexity index is 1570. The highest BCUT2D eigenvalue weighted by Crippen LogP contribution is 2.40. The van der Waals surface area contributed by atoms with Crippen LogP contribution in [0.5, 0.6) is 5.75 Å². The fourth-order valence-electron chi connectivity index (χ4n) is 4.59. The molecule has 1 amide bonds. The average Bonchev–Trinajstić information content (AvgIpc) is 3.26. The van der Waals surface area contributed by atoms with Gasteiger partial charge in [-0.1, -0.05) is 24.3 Å². The van der Waals surface area contributed by atoms with Crippen LogP contribution in [-0.4, -0.2) is 25.6 Å². The number of thiophene rings is 1. The molecule has 2 heterocycles. The molecule has 0 saturated heterocycles. The molecule has 0 fully saturated rings. The van der Waals surface area contributed by atoms with E-state index >= 15 is 0 Å². The van der Waals surface area contributed by atoms with Crippen LogP contribution in [0.1, 0.15) is 56.5 Å². The number of hydrogen-bond acceptors (Lipinski definition) is 7. The van der Waals surface area contributed by atoms with Gasteiger partial charge in [-0.25, -0.2) is 9.79 Å². The lowest BCUT2D eigenvalue weighted by Gasteiger charge is -2.12. The Morgan fingerprint density at radius 2 is 1.92 bits per heavy atom. The minimum absolute atomic E-state index is 0.103. The number of esters is 1. The predicted molar refractivity (Wildman–Crippen MR) is 144 cm³/mol. The smallest absolute Gasteiger partial charge is 0.341 e. The van der Waals surface area contributed by atoms with Gasteiger partial charge in [0, 0.05) is 16.0 Å². The first-order valence-corrected chi connectivity index (χ1v) is 13.2. The molecule has 8 heteroatoms. The van der Waals surface area contributed by atoms with E-state index in [0.717, 1.165) is 41.7 Å². The van der Waals surface area contributed by atoms with Gasteiger partial charge in [0.1, 0.15) is 10.6 Å². The molecule has 190 valence electrons. The van der Waals surface area contributed by atoms with E-state index < -0.39 is 5.97 Å². The Kier molecular flexibility index (Phi) is 7.10. The van der Waals surface area contributed by atoms with Gasteiger partial charge in [0.25, 0.3) is 5.91 Å². The van der Waals surface area contributed by atoms with Gasteiger partial charge in [0.05, 0.1) is 19.3 Å². The number of nitrogens with zero attached hydrogens (tertiary/aromatic N) is 1. The Balaban J connectivity index is 1.71. The largest absolute Gasteiger partial charge is 0.493 e. The zero-order valence-electron chi connectivity index (χ0n) is 21.1. The van der Waals surface area contributed by atoms with Crippen LogP contribution in [0.3, 0.4) is 0 Å². The van der Waals surface area contributed by atoms with Gasteiger partial charge < -0.3 is 19.2 Å². The Hall–Kier alpha value is -3.91. The lowest BCUT2D eigenvalue weighted by atomic mass is 9.95. The van der Waals surface area contributed by atoms with Gasteiger partial charge in [0.2, 0.25) is 5.55 Å². The summed E-state index contributed by atoms with van der Waals surface area (Å²) in [5.74, 6) is -0.239. The van der Waals surface area contributed by atoms with Crippen LogP contribution in [-0.2, 0) is 17.6 Å². The molecular weight excluding hydrogens is 488 g/mol. The van der Waals surface area contributed by atoms with Crippen molar-refractivity contribution in [2.75, 3.05) is 19.0 Å². The molecule has 0 spiro atoms. The van der Waals surface area contributed by atoms with Gasteiger partial charge in [-0.2, -0.15) is 0 Å². The molecule has 4 aromatic rings. The van der Waals surface area contributed by atoms with Gasteiger partial charge >= 0.3 is 5.97 Å². The molecule has 1 N–H and O–H groups in total. The molecule has 2 aromatic carbocycles. The number of methoxy groups -OCH3 is 1. The first-order chi connectivity index (χ1) is 18.0. The normalized spacial score (nSPS) is 13.3. The van der Waals surface area contributed by atoms with Crippen molar-refractivity contribution >= 4 is 44.9 Å². The summed E-state index contributed by atoms with van der Waals surface area (Å²) in [6.07, 6.45) is 3.78. The molecule has 1 aliphatic carbocycles. The van der Waals surface area contributed by atoms with Crippen molar-refractivity contribution in [3.63, 3.8) is 0 Å². The number of nitrogens with one attached hydrogen (secondary N) is 1. The quantitative estimate of drug-likeness (QED) is 0.302. The molecule has 37 heavy (non-hydrogen) atoms. The van der Waals surface area contributed by atoms with Crippen LogP contribution >= 0.6 is 11.3 Å². The van der Waals surface area contributed by atoms with Crippen LogP contribution < -0.4 is 15.6 Å². The molecule has 0 atom stereocenters. The van der Waals surface area contributed by atoms with E-state index in [-0.39, 0.29) is 23.6 Å². The standard InChI is InChI=1S/C29H28N2O5S/c1-4-35-29(33)24-20-12-5-6-14-23(20)37-28(24)31-27-21(26(32)30-19-11-7-9-17(2)15-19)16-18-10-8-13-22(34-3)25(18)36-27/h7-11,13,15-16H,4-6,12,14H2,1-3H3,(H,30,32). The summed E-state index contributed by atoms with van der Waals surface area (Å²) in [6, 6.07) is 14.8. The highest BCUT2D eigenvalue weighted by Gasteiger charge is 2.27. The first kappa shape index (κ1) is 24.8. The van der Waals surface area contributed by atoms with Crippen molar-refractivity contribution in [3.8, 4) is 5.75 Å². The van der Waals surface area contributed by atoms with Crippen molar-refractivity contribution in [1.29, 1.82) is 0 Å². The maximum atomic E-state index is 13.5. The number of ether oxygens (including phenoxy) is 2. The molecule has 0 saturated carbocycles. The number of benzene rings is 2. The fraction of sp³-hybridized carbons (Fsp3) is 0.276. The average molecular weight is 517 g/mol. The molecule has 0 unspecified atom stereocenters. The van der Waals surface area contributed by atoms with Crippen molar-refractivity contribution in [3.05, 3.63) is 81.2 Å². The third-order valence-corrected chi connectivity index (χ3v) is 7.50. The summed E-state index contributed by atoms with van der Waals surface area (Å²) in [5.41, 5.74) is 3.99. The minimum atomic E-state index is -0.398. The van der Waals surface area contributed by atoms with E-state index in [4.69, 9.17) is 18.9 Å². The molecule has 7 nitrogen and oxygen atoms in total. The molecule has 2 aromatic heterocycles. The summed E-state index contributed by atoms with van der Waals surface area (Å²) in [4.78, 5) is 32.4. The van der Waals surface area contributed by atoms with E-state index in [9.17, 15) is 9.59 Å². The number of carbonyl (C=O) groups excluding carboxylic acids is 2. The lowest BCUT2D eigenvalue weighted by molar-refractivity contribution is 0.0526. The summed E-state index contributed by atoms with van der Waals surface area (Å²) in [6.45, 7) is 4.01. The fourth-order valence-corrected chi connectivity index (χ4v) is 5.83. The molecule has 1 aliphatic rings. The van der Waals surface area contributed by atoms with Crippen molar-refractivity contribution in [2.45, 2.75) is 39.5 Å². The summed E-state index contributed by atoms with van der Waals surface area (Å²) in [5, 5.41) is 4.14. The summed E-state index contributed by atoms with van der Waals surface area (Å²) < 4.78 is 17.1. The number of rotatable bonds is 6. The lowest BCUT2D eigenvalue weighted by Crippen LogP contribution is -2.22. The monoisotopic (exact) mass is 516 g/mol. The zero-order valence-corrected chi connectivity index (χ0v) is 21.9. The summed E-state index contributed by atoms with van der Waals surface area (Å²) in [7, 11) is 1.56. The van der Waals surface area contributed by atoms with E-state index in [0.29, 0.717) is 33.0 Å². The summed E-state index contributed by atoms with van der Waals surface area (Å²) >= 11 is 1.46. The topological polar surface area (TPSA) is 90.1 Å².